The summed E-state index contributed by atoms with van der Waals surface area (Å²) in [6.45, 7) is 0. The lowest BCUT2D eigenvalue weighted by Gasteiger charge is -1.96. The van der Waals surface area contributed by atoms with Crippen LogP contribution < -0.4 is 10.6 Å². The van der Waals surface area contributed by atoms with Crippen LogP contribution in [0.5, 0.6) is 0 Å². The molecule has 3 nitrogen and oxygen atoms in total. The van der Waals surface area contributed by atoms with Gasteiger partial charge in [0.1, 0.15) is 0 Å². The SMILES string of the molecule is CNc1ccc(Cl)cc1.O=CNc1cccc(Cl)c1. The second-order valence-corrected chi connectivity index (χ2v) is 4.40. The molecule has 0 bridgehead atoms. The highest BCUT2D eigenvalue weighted by Gasteiger charge is 1.89. The number of hydrogen-bond acceptors (Lipinski definition) is 2. The summed E-state index contributed by atoms with van der Waals surface area (Å²) in [6.07, 6.45) is 0.617. The van der Waals surface area contributed by atoms with Gasteiger partial charge in [0.25, 0.3) is 0 Å². The van der Waals surface area contributed by atoms with Crippen molar-refractivity contribution in [2.24, 2.45) is 0 Å². The third-order valence-electron chi connectivity index (χ3n) is 2.18. The van der Waals surface area contributed by atoms with Crippen molar-refractivity contribution in [3.63, 3.8) is 0 Å². The fourth-order valence-electron chi connectivity index (χ4n) is 1.26. The number of anilines is 2. The molecular weight excluding hydrogens is 283 g/mol. The largest absolute Gasteiger partial charge is 0.388 e. The smallest absolute Gasteiger partial charge is 0.211 e. The maximum atomic E-state index is 9.93. The van der Waals surface area contributed by atoms with E-state index < -0.39 is 0 Å². The van der Waals surface area contributed by atoms with Gasteiger partial charge in [-0.1, -0.05) is 29.3 Å². The molecule has 0 aliphatic rings. The van der Waals surface area contributed by atoms with Gasteiger partial charge in [-0.05, 0) is 42.5 Å². The Labute approximate surface area is 122 Å². The van der Waals surface area contributed by atoms with E-state index in [0.29, 0.717) is 17.1 Å². The first-order valence-electron chi connectivity index (χ1n) is 5.55. The Morgan fingerprint density at radius 1 is 0.947 bits per heavy atom. The molecule has 0 atom stereocenters. The van der Waals surface area contributed by atoms with Gasteiger partial charge in [-0.3, -0.25) is 4.79 Å². The molecule has 0 unspecified atom stereocenters. The summed E-state index contributed by atoms with van der Waals surface area (Å²) in [7, 11) is 1.88. The van der Waals surface area contributed by atoms with Gasteiger partial charge in [-0.2, -0.15) is 0 Å². The number of benzene rings is 2. The molecule has 0 radical (unpaired) electrons. The molecule has 100 valence electrons. The van der Waals surface area contributed by atoms with Crippen LogP contribution in [0.15, 0.2) is 48.5 Å². The Kier molecular flexibility index (Phi) is 6.79. The van der Waals surface area contributed by atoms with Gasteiger partial charge in [0.2, 0.25) is 6.41 Å². The molecular formula is C14H14Cl2N2O. The van der Waals surface area contributed by atoms with Gasteiger partial charge >= 0.3 is 0 Å². The molecule has 0 aromatic heterocycles. The summed E-state index contributed by atoms with van der Waals surface area (Å²) in [5.74, 6) is 0. The van der Waals surface area contributed by atoms with Crippen molar-refractivity contribution >= 4 is 41.0 Å². The average Bonchev–Trinajstić information content (AvgIpc) is 2.41. The van der Waals surface area contributed by atoms with E-state index in [1.165, 1.54) is 0 Å². The molecule has 5 heteroatoms. The molecule has 0 fully saturated rings. The molecule has 0 aliphatic heterocycles. The monoisotopic (exact) mass is 296 g/mol. The van der Waals surface area contributed by atoms with E-state index in [1.54, 1.807) is 24.3 Å². The van der Waals surface area contributed by atoms with Crippen molar-refractivity contribution in [3.05, 3.63) is 58.6 Å². The fourth-order valence-corrected chi connectivity index (χ4v) is 1.58. The molecule has 2 aromatic rings. The summed E-state index contributed by atoms with van der Waals surface area (Å²) >= 11 is 11.3. The van der Waals surface area contributed by atoms with Crippen molar-refractivity contribution in [3.8, 4) is 0 Å². The van der Waals surface area contributed by atoms with Gasteiger partial charge in [-0.25, -0.2) is 0 Å². The molecule has 0 saturated carbocycles. The van der Waals surface area contributed by atoms with E-state index >= 15 is 0 Å². The van der Waals surface area contributed by atoms with E-state index in [4.69, 9.17) is 23.2 Å². The summed E-state index contributed by atoms with van der Waals surface area (Å²) < 4.78 is 0. The number of rotatable bonds is 3. The number of amides is 1. The molecule has 1 amide bonds. The lowest BCUT2D eigenvalue weighted by Crippen LogP contribution is -1.92. The van der Waals surface area contributed by atoms with E-state index in [9.17, 15) is 4.79 Å². The first-order valence-corrected chi connectivity index (χ1v) is 6.30. The second kappa shape index (κ2) is 8.40. The maximum absolute atomic E-state index is 9.93. The van der Waals surface area contributed by atoms with Crippen LogP contribution in [0.3, 0.4) is 0 Å². The highest BCUT2D eigenvalue weighted by Crippen LogP contribution is 2.13. The number of halogens is 2. The highest BCUT2D eigenvalue weighted by atomic mass is 35.5. The van der Waals surface area contributed by atoms with Crippen molar-refractivity contribution in [2.45, 2.75) is 0 Å². The molecule has 19 heavy (non-hydrogen) atoms. The molecule has 0 saturated heterocycles. The topological polar surface area (TPSA) is 41.1 Å². The standard InChI is InChI=1S/C7H6ClNO.C7H8ClN/c8-6-2-1-3-7(4-6)9-5-10;1-9-7-4-2-6(8)3-5-7/h1-5H,(H,9,10);2-5,9H,1H3. The van der Waals surface area contributed by atoms with Crippen LogP contribution in [0, 0.1) is 0 Å². The zero-order valence-corrected chi connectivity index (χ0v) is 11.9. The van der Waals surface area contributed by atoms with E-state index in [2.05, 4.69) is 10.6 Å². The van der Waals surface area contributed by atoms with Crippen LogP contribution >= 0.6 is 23.2 Å². The predicted octanol–water partition coefficient (Wildman–Crippen LogP) is 4.29. The van der Waals surface area contributed by atoms with Crippen LogP contribution in [0.4, 0.5) is 11.4 Å². The third kappa shape index (κ3) is 6.13. The minimum atomic E-state index is 0.617. The van der Waals surface area contributed by atoms with Crippen LogP contribution in [0.25, 0.3) is 0 Å². The first-order chi connectivity index (χ1) is 9.15. The fraction of sp³-hybridized carbons (Fsp3) is 0.0714. The van der Waals surface area contributed by atoms with Crippen molar-refractivity contribution in [1.29, 1.82) is 0 Å². The Balaban J connectivity index is 0.000000191. The molecule has 0 spiro atoms. The predicted molar refractivity (Wildman–Crippen MR) is 82.1 cm³/mol. The third-order valence-corrected chi connectivity index (χ3v) is 2.67. The average molecular weight is 297 g/mol. The van der Waals surface area contributed by atoms with E-state index in [-0.39, 0.29) is 0 Å². The lowest BCUT2D eigenvalue weighted by atomic mass is 10.3. The molecule has 0 heterocycles. The van der Waals surface area contributed by atoms with Crippen molar-refractivity contribution in [2.75, 3.05) is 17.7 Å². The molecule has 2 aromatic carbocycles. The number of nitrogens with one attached hydrogen (secondary N) is 2. The summed E-state index contributed by atoms with van der Waals surface area (Å²) in [6, 6.07) is 14.5. The zero-order chi connectivity index (χ0) is 14.1. The Hall–Kier alpha value is -1.71. The Morgan fingerprint density at radius 2 is 1.63 bits per heavy atom. The molecule has 2 N–H and O–H groups in total. The summed E-state index contributed by atoms with van der Waals surface area (Å²) in [5.41, 5.74) is 1.79. The summed E-state index contributed by atoms with van der Waals surface area (Å²) in [4.78, 5) is 9.93. The number of carbonyl (C=O) groups is 1. The number of hydrogen-bond donors (Lipinski definition) is 2. The van der Waals surface area contributed by atoms with Crippen LogP contribution in [-0.4, -0.2) is 13.5 Å². The number of carbonyl (C=O) groups excluding carboxylic acids is 1. The van der Waals surface area contributed by atoms with E-state index in [0.717, 1.165) is 10.7 Å². The molecule has 0 aliphatic carbocycles. The van der Waals surface area contributed by atoms with Crippen molar-refractivity contribution < 1.29 is 4.79 Å². The van der Waals surface area contributed by atoms with Gasteiger partial charge < -0.3 is 10.6 Å². The minimum Gasteiger partial charge on any atom is -0.388 e. The Bertz CT molecular complexity index is 515. The minimum absolute atomic E-state index is 0.617. The highest BCUT2D eigenvalue weighted by molar-refractivity contribution is 6.31. The quantitative estimate of drug-likeness (QED) is 0.830. The Morgan fingerprint density at radius 3 is 2.16 bits per heavy atom. The van der Waals surface area contributed by atoms with E-state index in [1.807, 2.05) is 31.3 Å². The second-order valence-electron chi connectivity index (χ2n) is 3.53. The molecule has 2 rings (SSSR count). The van der Waals surface area contributed by atoms with Crippen LogP contribution in [0.1, 0.15) is 0 Å². The zero-order valence-electron chi connectivity index (χ0n) is 10.4. The first kappa shape index (κ1) is 15.3. The van der Waals surface area contributed by atoms with Gasteiger partial charge in [-0.15, -0.1) is 0 Å². The maximum Gasteiger partial charge on any atom is 0.211 e. The normalized spacial score (nSPS) is 9.00. The van der Waals surface area contributed by atoms with Crippen molar-refractivity contribution in [1.82, 2.24) is 0 Å². The van der Waals surface area contributed by atoms with Crippen LogP contribution in [0.2, 0.25) is 10.0 Å². The summed E-state index contributed by atoms with van der Waals surface area (Å²) in [5, 5.41) is 6.87. The van der Waals surface area contributed by atoms with Gasteiger partial charge in [0.15, 0.2) is 0 Å². The van der Waals surface area contributed by atoms with Crippen LogP contribution in [-0.2, 0) is 4.79 Å². The van der Waals surface area contributed by atoms with Gasteiger partial charge in [0.05, 0.1) is 0 Å². The lowest BCUT2D eigenvalue weighted by molar-refractivity contribution is -0.105. The van der Waals surface area contributed by atoms with Gasteiger partial charge in [0, 0.05) is 28.5 Å².